The van der Waals surface area contributed by atoms with Crippen molar-refractivity contribution in [3.05, 3.63) is 40.0 Å². The van der Waals surface area contributed by atoms with E-state index in [9.17, 15) is 4.79 Å². The van der Waals surface area contributed by atoms with E-state index in [2.05, 4.69) is 22.3 Å². The van der Waals surface area contributed by atoms with Crippen molar-refractivity contribution in [3.8, 4) is 22.8 Å². The number of anilines is 1. The number of unbranched alkanes of at least 4 members (excludes halogenated alkanes) is 1. The second kappa shape index (κ2) is 7.81. The van der Waals surface area contributed by atoms with E-state index in [-0.39, 0.29) is 12.7 Å². The Bertz CT molecular complexity index is 1030. The van der Waals surface area contributed by atoms with Crippen LogP contribution in [0, 0.1) is 6.92 Å². The predicted octanol–water partition coefficient (Wildman–Crippen LogP) is 4.75. The maximum Gasteiger partial charge on any atom is 0.262 e. The van der Waals surface area contributed by atoms with Gasteiger partial charge >= 0.3 is 0 Å². The van der Waals surface area contributed by atoms with Crippen molar-refractivity contribution >= 4 is 34.0 Å². The molecule has 3 heterocycles. The highest BCUT2D eigenvalue weighted by Crippen LogP contribution is 2.36. The summed E-state index contributed by atoms with van der Waals surface area (Å²) in [6, 6.07) is 5.64. The highest BCUT2D eigenvalue weighted by Gasteiger charge is 2.21. The van der Waals surface area contributed by atoms with Crippen LogP contribution in [0.25, 0.3) is 11.3 Å². The number of carbonyl (C=O) groups is 1. The molecule has 1 N–H and O–H groups in total. The molecule has 146 valence electrons. The summed E-state index contributed by atoms with van der Waals surface area (Å²) in [5.74, 6) is 1.10. The van der Waals surface area contributed by atoms with E-state index in [4.69, 9.17) is 21.1 Å². The molecule has 0 fully saturated rings. The van der Waals surface area contributed by atoms with E-state index in [0.29, 0.717) is 33.8 Å². The lowest BCUT2D eigenvalue weighted by Crippen LogP contribution is -2.13. The molecule has 0 saturated carbocycles. The Hall–Kier alpha value is -2.58. The van der Waals surface area contributed by atoms with Crippen LogP contribution < -0.4 is 14.8 Å². The first-order chi connectivity index (χ1) is 13.6. The molecule has 4 rings (SSSR count). The van der Waals surface area contributed by atoms with Gasteiger partial charge in [0.2, 0.25) is 6.79 Å². The maximum absolute atomic E-state index is 12.7. The Kier molecular flexibility index (Phi) is 5.23. The van der Waals surface area contributed by atoms with Crippen LogP contribution in [0.5, 0.6) is 11.5 Å². The molecular weight excluding hydrogens is 400 g/mol. The van der Waals surface area contributed by atoms with Crippen molar-refractivity contribution in [2.75, 3.05) is 12.1 Å². The number of halogens is 1. The van der Waals surface area contributed by atoms with Gasteiger partial charge in [0.1, 0.15) is 5.15 Å². The van der Waals surface area contributed by atoms with Crippen LogP contribution in [0.1, 0.15) is 35.8 Å². The summed E-state index contributed by atoms with van der Waals surface area (Å²) in [6.45, 7) is 4.79. The zero-order valence-electron chi connectivity index (χ0n) is 15.5. The molecule has 1 aliphatic heterocycles. The SMILES string of the molecule is CCCCn1nc(C)c(C(=O)Nc2nc(-c3ccc4c(c3)OCO4)cs2)c1Cl. The zero-order chi connectivity index (χ0) is 19.7. The zero-order valence-corrected chi connectivity index (χ0v) is 17.1. The average Bonchev–Trinajstić information content (AvgIpc) is 3.38. The highest BCUT2D eigenvalue weighted by atomic mass is 35.5. The van der Waals surface area contributed by atoms with Crippen LogP contribution in [-0.4, -0.2) is 27.5 Å². The largest absolute Gasteiger partial charge is 0.454 e. The molecule has 0 spiro atoms. The number of nitrogens with one attached hydrogen (secondary N) is 1. The number of hydrogen-bond acceptors (Lipinski definition) is 6. The Labute approximate surface area is 171 Å². The number of benzene rings is 1. The molecule has 0 saturated heterocycles. The second-order valence-corrected chi connectivity index (χ2v) is 7.60. The summed E-state index contributed by atoms with van der Waals surface area (Å²) in [5, 5.41) is 9.94. The molecule has 2 aromatic heterocycles. The number of carbonyl (C=O) groups excluding carboxylic acids is 1. The van der Waals surface area contributed by atoms with Crippen LogP contribution in [0.15, 0.2) is 23.6 Å². The monoisotopic (exact) mass is 418 g/mol. The number of amides is 1. The number of hydrogen-bond donors (Lipinski definition) is 1. The molecule has 1 amide bonds. The van der Waals surface area contributed by atoms with Crippen LogP contribution in [0.3, 0.4) is 0 Å². The van der Waals surface area contributed by atoms with Crippen LogP contribution in [0.4, 0.5) is 5.13 Å². The first-order valence-corrected chi connectivity index (χ1v) is 10.2. The lowest BCUT2D eigenvalue weighted by molar-refractivity contribution is 0.102. The highest BCUT2D eigenvalue weighted by molar-refractivity contribution is 7.14. The fourth-order valence-electron chi connectivity index (χ4n) is 2.95. The van der Waals surface area contributed by atoms with E-state index in [1.54, 1.807) is 11.6 Å². The Morgan fingerprint density at radius 1 is 1.36 bits per heavy atom. The Morgan fingerprint density at radius 2 is 2.18 bits per heavy atom. The summed E-state index contributed by atoms with van der Waals surface area (Å²) in [4.78, 5) is 17.2. The first kappa shape index (κ1) is 18.8. The van der Waals surface area contributed by atoms with E-state index in [0.717, 1.165) is 29.8 Å². The smallest absolute Gasteiger partial charge is 0.262 e. The third kappa shape index (κ3) is 3.57. The van der Waals surface area contributed by atoms with Gasteiger partial charge in [0.05, 0.1) is 17.0 Å². The van der Waals surface area contributed by atoms with Gasteiger partial charge in [-0.3, -0.25) is 14.8 Å². The van der Waals surface area contributed by atoms with Gasteiger partial charge in [-0.05, 0) is 31.5 Å². The van der Waals surface area contributed by atoms with Crippen LogP contribution in [0.2, 0.25) is 5.15 Å². The molecule has 0 aliphatic carbocycles. The number of aromatic nitrogens is 3. The lowest BCUT2D eigenvalue weighted by Gasteiger charge is -2.03. The number of thiazole rings is 1. The molecule has 7 nitrogen and oxygen atoms in total. The topological polar surface area (TPSA) is 78.3 Å². The Balaban J connectivity index is 1.51. The van der Waals surface area contributed by atoms with E-state index in [1.807, 2.05) is 23.6 Å². The van der Waals surface area contributed by atoms with E-state index < -0.39 is 0 Å². The number of rotatable bonds is 6. The Morgan fingerprint density at radius 3 is 3.00 bits per heavy atom. The number of nitrogens with zero attached hydrogens (tertiary/aromatic N) is 3. The molecule has 0 unspecified atom stereocenters. The van der Waals surface area contributed by atoms with Crippen LogP contribution >= 0.6 is 22.9 Å². The molecule has 0 radical (unpaired) electrons. The van der Waals surface area contributed by atoms with Crippen molar-refractivity contribution in [3.63, 3.8) is 0 Å². The molecule has 0 atom stereocenters. The third-order valence-electron chi connectivity index (χ3n) is 4.41. The summed E-state index contributed by atoms with van der Waals surface area (Å²) < 4.78 is 12.4. The molecule has 1 aromatic carbocycles. The van der Waals surface area contributed by atoms with E-state index >= 15 is 0 Å². The number of ether oxygens (including phenoxy) is 2. The van der Waals surface area contributed by atoms with Gasteiger partial charge in [-0.1, -0.05) is 24.9 Å². The molecular formula is C19H19ClN4O3S. The predicted molar refractivity (Wildman–Crippen MR) is 109 cm³/mol. The third-order valence-corrected chi connectivity index (χ3v) is 5.55. The molecule has 0 bridgehead atoms. The fourth-order valence-corrected chi connectivity index (χ4v) is 4.01. The number of aryl methyl sites for hydroxylation is 2. The second-order valence-electron chi connectivity index (χ2n) is 6.39. The average molecular weight is 419 g/mol. The normalized spacial score (nSPS) is 12.4. The van der Waals surface area contributed by atoms with Crippen LogP contribution in [-0.2, 0) is 6.54 Å². The summed E-state index contributed by atoms with van der Waals surface area (Å²) in [7, 11) is 0. The minimum absolute atomic E-state index is 0.225. The van der Waals surface area contributed by atoms with Gasteiger partial charge in [-0.15, -0.1) is 11.3 Å². The molecule has 3 aromatic rings. The van der Waals surface area contributed by atoms with Crippen molar-refractivity contribution in [2.45, 2.75) is 33.2 Å². The van der Waals surface area contributed by atoms with Gasteiger partial charge in [-0.25, -0.2) is 4.98 Å². The summed E-state index contributed by atoms with van der Waals surface area (Å²) in [5.41, 5.74) is 2.63. The summed E-state index contributed by atoms with van der Waals surface area (Å²) >= 11 is 7.73. The quantitative estimate of drug-likeness (QED) is 0.625. The lowest BCUT2D eigenvalue weighted by atomic mass is 10.1. The van der Waals surface area contributed by atoms with E-state index in [1.165, 1.54) is 11.3 Å². The number of fused-ring (bicyclic) bond motifs is 1. The van der Waals surface area contributed by atoms with Gasteiger partial charge in [-0.2, -0.15) is 5.10 Å². The van der Waals surface area contributed by atoms with Crippen molar-refractivity contribution in [2.24, 2.45) is 0 Å². The standard InChI is InChI=1S/C19H19ClN4O3S/c1-3-4-7-24-17(20)16(11(2)23-24)18(25)22-19-21-13(9-28-19)12-5-6-14-15(8-12)27-10-26-14/h5-6,8-9H,3-4,7,10H2,1-2H3,(H,21,22,25). The first-order valence-electron chi connectivity index (χ1n) is 8.96. The molecule has 28 heavy (non-hydrogen) atoms. The van der Waals surface area contributed by atoms with Gasteiger partial charge in [0.25, 0.3) is 5.91 Å². The van der Waals surface area contributed by atoms with Gasteiger partial charge < -0.3 is 9.47 Å². The minimum Gasteiger partial charge on any atom is -0.454 e. The maximum atomic E-state index is 12.7. The molecule has 9 heteroatoms. The van der Waals surface area contributed by atoms with Crippen molar-refractivity contribution < 1.29 is 14.3 Å². The summed E-state index contributed by atoms with van der Waals surface area (Å²) in [6.07, 6.45) is 1.98. The van der Waals surface area contributed by atoms with Crippen molar-refractivity contribution in [1.82, 2.24) is 14.8 Å². The fraction of sp³-hybridized carbons (Fsp3) is 0.316. The van der Waals surface area contributed by atoms with Crippen molar-refractivity contribution in [1.29, 1.82) is 0 Å². The molecule has 1 aliphatic rings. The van der Waals surface area contributed by atoms with Gasteiger partial charge in [0.15, 0.2) is 16.6 Å². The van der Waals surface area contributed by atoms with Gasteiger partial charge in [0, 0.05) is 17.5 Å². The minimum atomic E-state index is -0.308.